The topological polar surface area (TPSA) is 79.0 Å². The van der Waals surface area contributed by atoms with Crippen molar-refractivity contribution < 1.29 is 19.3 Å². The van der Waals surface area contributed by atoms with Gasteiger partial charge in [0.25, 0.3) is 0 Å². The first kappa shape index (κ1) is 16.0. The van der Waals surface area contributed by atoms with E-state index < -0.39 is 6.10 Å². The van der Waals surface area contributed by atoms with Crippen molar-refractivity contribution in [2.24, 2.45) is 0 Å². The zero-order valence-electron chi connectivity index (χ0n) is 12.3. The Labute approximate surface area is 124 Å². The third-order valence-corrected chi connectivity index (χ3v) is 4.06. The molecule has 1 unspecified atom stereocenters. The van der Waals surface area contributed by atoms with Gasteiger partial charge in [0.2, 0.25) is 0 Å². The van der Waals surface area contributed by atoms with E-state index in [-0.39, 0.29) is 18.3 Å². The lowest BCUT2D eigenvalue weighted by Crippen LogP contribution is -2.39. The minimum Gasteiger partial charge on any atom is -0.495 e. The van der Waals surface area contributed by atoms with Crippen LogP contribution in [0.5, 0.6) is 5.75 Å². The van der Waals surface area contributed by atoms with Crippen molar-refractivity contribution in [3.05, 3.63) is 23.5 Å². The molecule has 0 radical (unpaired) electrons. The van der Waals surface area contributed by atoms with Crippen LogP contribution in [-0.2, 0) is 0 Å². The molecule has 0 bridgehead atoms. The first-order valence-electron chi connectivity index (χ1n) is 7.19. The predicted octanol–water partition coefficient (Wildman–Crippen LogP) is 0.949. The van der Waals surface area contributed by atoms with Crippen LogP contribution < -0.4 is 10.5 Å². The maximum atomic E-state index is 14.1. The Morgan fingerprint density at radius 2 is 2.10 bits per heavy atom. The summed E-state index contributed by atoms with van der Waals surface area (Å²) in [7, 11) is 1.52. The molecule has 1 aromatic carbocycles. The fourth-order valence-corrected chi connectivity index (χ4v) is 2.86. The van der Waals surface area contributed by atoms with Gasteiger partial charge in [0.05, 0.1) is 25.5 Å². The summed E-state index contributed by atoms with van der Waals surface area (Å²) in [5.41, 5.74) is 6.65. The molecule has 6 heteroatoms. The number of hydrogen-bond donors (Lipinski definition) is 3. The molecule has 1 heterocycles. The maximum Gasteiger partial charge on any atom is 0.142 e. The van der Waals surface area contributed by atoms with Crippen molar-refractivity contribution in [2.75, 3.05) is 39.1 Å². The first-order chi connectivity index (χ1) is 10.0. The van der Waals surface area contributed by atoms with Gasteiger partial charge in [0, 0.05) is 12.6 Å². The number of β-amino-alcohol motifs (C(OH)–C–C–N with tert-alkyl or cyclic N) is 1. The minimum atomic E-state index is -0.713. The molecule has 1 fully saturated rings. The molecule has 1 atom stereocenters. The number of methoxy groups -OCH3 is 1. The standard InChI is InChI=1S/C15H23FN2O3/c1-21-15-6-12(13(16)7-14(15)17)10-2-4-18(5-3-10)8-11(20)9-19/h6-7,10-11,19-20H,2-5,8-9,17H2,1H3. The van der Waals surface area contributed by atoms with Crippen molar-refractivity contribution >= 4 is 5.69 Å². The third-order valence-electron chi connectivity index (χ3n) is 4.06. The summed E-state index contributed by atoms with van der Waals surface area (Å²) in [6.45, 7) is 1.77. The van der Waals surface area contributed by atoms with E-state index in [0.29, 0.717) is 23.5 Å². The number of rotatable bonds is 5. The number of nitrogen functional groups attached to an aromatic ring is 1. The van der Waals surface area contributed by atoms with Crippen molar-refractivity contribution in [1.29, 1.82) is 0 Å². The Balaban J connectivity index is 2.02. The van der Waals surface area contributed by atoms with Gasteiger partial charge in [-0.2, -0.15) is 0 Å². The van der Waals surface area contributed by atoms with Crippen LogP contribution >= 0.6 is 0 Å². The summed E-state index contributed by atoms with van der Waals surface area (Å²) in [5, 5.41) is 18.3. The summed E-state index contributed by atoms with van der Waals surface area (Å²) in [6.07, 6.45) is 0.902. The third kappa shape index (κ3) is 3.84. The number of aliphatic hydroxyl groups is 2. The van der Waals surface area contributed by atoms with Gasteiger partial charge >= 0.3 is 0 Å². The highest BCUT2D eigenvalue weighted by Crippen LogP contribution is 2.34. The van der Waals surface area contributed by atoms with Gasteiger partial charge < -0.3 is 25.6 Å². The van der Waals surface area contributed by atoms with Gasteiger partial charge in [-0.25, -0.2) is 4.39 Å². The number of benzene rings is 1. The quantitative estimate of drug-likeness (QED) is 0.705. The predicted molar refractivity (Wildman–Crippen MR) is 78.9 cm³/mol. The van der Waals surface area contributed by atoms with Crippen LogP contribution in [0.2, 0.25) is 0 Å². The fourth-order valence-electron chi connectivity index (χ4n) is 2.86. The van der Waals surface area contributed by atoms with E-state index in [2.05, 4.69) is 4.90 Å². The Morgan fingerprint density at radius 3 is 2.67 bits per heavy atom. The SMILES string of the molecule is COc1cc(C2CCN(CC(O)CO)CC2)c(F)cc1N. The smallest absolute Gasteiger partial charge is 0.142 e. The minimum absolute atomic E-state index is 0.127. The Hall–Kier alpha value is -1.37. The summed E-state index contributed by atoms with van der Waals surface area (Å²) in [5.74, 6) is 0.341. The second-order valence-electron chi connectivity index (χ2n) is 5.53. The van der Waals surface area contributed by atoms with Gasteiger partial charge in [0.15, 0.2) is 0 Å². The first-order valence-corrected chi connectivity index (χ1v) is 7.19. The van der Waals surface area contributed by atoms with Crippen molar-refractivity contribution in [1.82, 2.24) is 4.90 Å². The lowest BCUT2D eigenvalue weighted by Gasteiger charge is -2.33. The van der Waals surface area contributed by atoms with E-state index in [9.17, 15) is 9.50 Å². The molecule has 21 heavy (non-hydrogen) atoms. The number of nitrogens with two attached hydrogens (primary N) is 1. The average molecular weight is 298 g/mol. The lowest BCUT2D eigenvalue weighted by molar-refractivity contribution is 0.0511. The Kier molecular flexibility index (Phi) is 5.39. The van der Waals surface area contributed by atoms with Crippen LogP contribution in [0.3, 0.4) is 0 Å². The molecule has 0 aromatic heterocycles. The Bertz CT molecular complexity index is 476. The average Bonchev–Trinajstić information content (AvgIpc) is 2.48. The molecule has 1 saturated heterocycles. The summed E-state index contributed by atoms with van der Waals surface area (Å²) < 4.78 is 19.2. The van der Waals surface area contributed by atoms with Crippen LogP contribution in [0, 0.1) is 5.82 Å². The molecule has 0 aliphatic carbocycles. The number of piperidine rings is 1. The number of aliphatic hydroxyl groups excluding tert-OH is 2. The highest BCUT2D eigenvalue weighted by atomic mass is 19.1. The number of halogens is 1. The number of anilines is 1. The number of nitrogens with zero attached hydrogens (tertiary/aromatic N) is 1. The highest BCUT2D eigenvalue weighted by molar-refractivity contribution is 5.55. The molecular formula is C15H23FN2O3. The molecule has 1 aromatic rings. The molecule has 5 nitrogen and oxygen atoms in total. The van der Waals surface area contributed by atoms with Gasteiger partial charge in [-0.05, 0) is 43.5 Å². The van der Waals surface area contributed by atoms with Crippen LogP contribution in [0.25, 0.3) is 0 Å². The number of ether oxygens (including phenoxy) is 1. The van der Waals surface area contributed by atoms with E-state index in [1.54, 1.807) is 6.07 Å². The molecule has 118 valence electrons. The highest BCUT2D eigenvalue weighted by Gasteiger charge is 2.25. The van der Waals surface area contributed by atoms with Crippen LogP contribution in [-0.4, -0.2) is 54.6 Å². The molecule has 2 rings (SSSR count). The second-order valence-corrected chi connectivity index (χ2v) is 5.53. The Morgan fingerprint density at radius 1 is 1.43 bits per heavy atom. The largest absolute Gasteiger partial charge is 0.495 e. The van der Waals surface area contributed by atoms with Crippen LogP contribution in [0.4, 0.5) is 10.1 Å². The molecule has 0 amide bonds. The van der Waals surface area contributed by atoms with E-state index in [0.717, 1.165) is 25.9 Å². The lowest BCUT2D eigenvalue weighted by atomic mass is 9.88. The van der Waals surface area contributed by atoms with Gasteiger partial charge in [-0.3, -0.25) is 0 Å². The summed E-state index contributed by atoms with van der Waals surface area (Å²) in [4.78, 5) is 2.09. The monoisotopic (exact) mass is 298 g/mol. The van der Waals surface area contributed by atoms with E-state index in [1.807, 2.05) is 0 Å². The molecule has 0 saturated carbocycles. The van der Waals surface area contributed by atoms with E-state index >= 15 is 0 Å². The van der Waals surface area contributed by atoms with Crippen molar-refractivity contribution in [2.45, 2.75) is 24.9 Å². The molecule has 0 spiro atoms. The molecule has 1 aliphatic rings. The van der Waals surface area contributed by atoms with Gasteiger partial charge in [-0.15, -0.1) is 0 Å². The van der Waals surface area contributed by atoms with Gasteiger partial charge in [-0.1, -0.05) is 0 Å². The number of hydrogen-bond acceptors (Lipinski definition) is 5. The van der Waals surface area contributed by atoms with E-state index in [1.165, 1.54) is 13.2 Å². The van der Waals surface area contributed by atoms with Crippen LogP contribution in [0.15, 0.2) is 12.1 Å². The zero-order valence-corrected chi connectivity index (χ0v) is 12.3. The summed E-state index contributed by atoms with van der Waals surface area (Å²) in [6, 6.07) is 3.00. The fraction of sp³-hybridized carbons (Fsp3) is 0.600. The van der Waals surface area contributed by atoms with Crippen molar-refractivity contribution in [3.63, 3.8) is 0 Å². The second kappa shape index (κ2) is 7.06. The van der Waals surface area contributed by atoms with Crippen molar-refractivity contribution in [3.8, 4) is 5.75 Å². The van der Waals surface area contributed by atoms with Gasteiger partial charge in [0.1, 0.15) is 11.6 Å². The summed E-state index contributed by atoms with van der Waals surface area (Å²) >= 11 is 0. The van der Waals surface area contributed by atoms with Crippen LogP contribution in [0.1, 0.15) is 24.3 Å². The molecular weight excluding hydrogens is 275 g/mol. The molecule has 1 aliphatic heterocycles. The number of likely N-dealkylation sites (tertiary alicyclic amines) is 1. The zero-order chi connectivity index (χ0) is 15.4. The normalized spacial score (nSPS) is 18.7. The maximum absolute atomic E-state index is 14.1. The molecule has 4 N–H and O–H groups in total. The van der Waals surface area contributed by atoms with E-state index in [4.69, 9.17) is 15.6 Å².